The van der Waals surface area contributed by atoms with Gasteiger partial charge in [0.15, 0.2) is 5.82 Å². The molecule has 1 amide bonds. The fraction of sp³-hybridized carbons (Fsp3) is 0.318. The van der Waals surface area contributed by atoms with E-state index in [2.05, 4.69) is 16.3 Å². The molecule has 0 N–H and O–H groups in total. The van der Waals surface area contributed by atoms with Crippen LogP contribution >= 0.6 is 11.8 Å². The van der Waals surface area contributed by atoms with Gasteiger partial charge in [0.05, 0.1) is 12.1 Å². The largest absolute Gasteiger partial charge is 0.486 e. The summed E-state index contributed by atoms with van der Waals surface area (Å²) < 4.78 is 46.1. The Bertz CT molecular complexity index is 1160. The molecule has 2 heterocycles. The third kappa shape index (κ3) is 3.94. The van der Waals surface area contributed by atoms with Gasteiger partial charge < -0.3 is 4.74 Å². The van der Waals surface area contributed by atoms with Crippen molar-refractivity contribution in [3.63, 3.8) is 0 Å². The lowest BCUT2D eigenvalue weighted by Crippen LogP contribution is -2.45. The quantitative estimate of drug-likeness (QED) is 0.583. The standard InChI is InChI=1S/C22H19F3N4O2S/c23-22(24,25)17-7-4-15(5-8-17)20(30)28-10-11-32-21-27-26-19(29(21)28)13-31-18-9-6-14-2-1-3-16(14)12-18/h4-9,12H,1-3,10-11,13H2. The van der Waals surface area contributed by atoms with Crippen LogP contribution in [0.2, 0.25) is 0 Å². The monoisotopic (exact) mass is 460 g/mol. The van der Waals surface area contributed by atoms with Gasteiger partial charge in [-0.25, -0.2) is 9.69 Å². The first kappa shape index (κ1) is 20.9. The number of hydrogen-bond acceptors (Lipinski definition) is 5. The van der Waals surface area contributed by atoms with Crippen LogP contribution in [-0.4, -0.2) is 33.1 Å². The molecule has 1 aliphatic carbocycles. The summed E-state index contributed by atoms with van der Waals surface area (Å²) in [6, 6.07) is 10.3. The molecule has 3 aromatic rings. The van der Waals surface area contributed by atoms with E-state index in [0.717, 1.165) is 37.1 Å². The number of ether oxygens (including phenoxy) is 1. The summed E-state index contributed by atoms with van der Waals surface area (Å²) in [5.41, 5.74) is 2.01. The van der Waals surface area contributed by atoms with Gasteiger partial charge in [-0.15, -0.1) is 10.2 Å². The zero-order valence-electron chi connectivity index (χ0n) is 16.9. The summed E-state index contributed by atoms with van der Waals surface area (Å²) in [4.78, 5) is 13.1. The topological polar surface area (TPSA) is 60.3 Å². The van der Waals surface area contributed by atoms with Gasteiger partial charge in [-0.3, -0.25) is 4.79 Å². The summed E-state index contributed by atoms with van der Waals surface area (Å²) in [7, 11) is 0. The van der Waals surface area contributed by atoms with Crippen molar-refractivity contribution < 1.29 is 22.7 Å². The number of thioether (sulfide) groups is 1. The van der Waals surface area contributed by atoms with Crippen molar-refractivity contribution in [2.45, 2.75) is 37.2 Å². The van der Waals surface area contributed by atoms with Gasteiger partial charge in [-0.05, 0) is 66.8 Å². The van der Waals surface area contributed by atoms with E-state index >= 15 is 0 Å². The minimum absolute atomic E-state index is 0.114. The molecule has 0 atom stereocenters. The number of nitrogens with zero attached hydrogens (tertiary/aromatic N) is 4. The van der Waals surface area contributed by atoms with Crippen LogP contribution in [0, 0.1) is 0 Å². The number of amides is 1. The van der Waals surface area contributed by atoms with Crippen LogP contribution in [0.25, 0.3) is 0 Å². The number of fused-ring (bicyclic) bond motifs is 2. The van der Waals surface area contributed by atoms with Gasteiger partial charge in [-0.1, -0.05) is 17.8 Å². The van der Waals surface area contributed by atoms with E-state index in [9.17, 15) is 18.0 Å². The first-order chi connectivity index (χ1) is 15.4. The molecule has 2 aliphatic rings. The van der Waals surface area contributed by atoms with E-state index in [1.54, 1.807) is 4.68 Å². The van der Waals surface area contributed by atoms with Crippen molar-refractivity contribution in [1.82, 2.24) is 14.9 Å². The van der Waals surface area contributed by atoms with Crippen LogP contribution in [0.4, 0.5) is 13.2 Å². The average Bonchev–Trinajstić information content (AvgIpc) is 3.43. The second-order valence-electron chi connectivity index (χ2n) is 7.64. The molecular formula is C22H19F3N4O2S. The van der Waals surface area contributed by atoms with E-state index in [1.807, 2.05) is 12.1 Å². The molecule has 0 fully saturated rings. The predicted molar refractivity (Wildman–Crippen MR) is 112 cm³/mol. The van der Waals surface area contributed by atoms with Crippen LogP contribution in [0.15, 0.2) is 47.6 Å². The lowest BCUT2D eigenvalue weighted by atomic mass is 10.1. The maximum atomic E-state index is 13.1. The molecule has 0 bridgehead atoms. The zero-order chi connectivity index (χ0) is 22.3. The second kappa shape index (κ2) is 8.16. The number of aromatic nitrogens is 3. The third-order valence-corrected chi connectivity index (χ3v) is 6.48. The number of alkyl halides is 3. The highest BCUT2D eigenvalue weighted by atomic mass is 32.2. The average molecular weight is 460 g/mol. The summed E-state index contributed by atoms with van der Waals surface area (Å²) >= 11 is 1.46. The summed E-state index contributed by atoms with van der Waals surface area (Å²) in [6.45, 7) is 0.491. The Morgan fingerprint density at radius 2 is 1.84 bits per heavy atom. The number of carbonyl (C=O) groups is 1. The molecule has 10 heteroatoms. The van der Waals surface area contributed by atoms with Gasteiger partial charge in [0.2, 0.25) is 5.16 Å². The van der Waals surface area contributed by atoms with Crippen molar-refractivity contribution in [1.29, 1.82) is 0 Å². The van der Waals surface area contributed by atoms with Crippen molar-refractivity contribution in [2.75, 3.05) is 17.3 Å². The fourth-order valence-electron chi connectivity index (χ4n) is 3.97. The van der Waals surface area contributed by atoms with Crippen molar-refractivity contribution >= 4 is 17.7 Å². The second-order valence-corrected chi connectivity index (χ2v) is 8.70. The number of carbonyl (C=O) groups excluding carboxylic acids is 1. The van der Waals surface area contributed by atoms with Crippen molar-refractivity contribution in [3.05, 3.63) is 70.5 Å². The highest BCUT2D eigenvalue weighted by Gasteiger charge is 2.32. The Balaban J connectivity index is 1.36. The smallest absolute Gasteiger partial charge is 0.416 e. The normalized spacial score (nSPS) is 15.4. The Labute approximate surface area is 186 Å². The van der Waals surface area contributed by atoms with E-state index < -0.39 is 17.6 Å². The molecule has 5 rings (SSSR count). The molecule has 2 aromatic carbocycles. The summed E-state index contributed by atoms with van der Waals surface area (Å²) in [6.07, 6.45) is -1.17. The minimum atomic E-state index is -4.45. The molecule has 1 aliphatic heterocycles. The van der Waals surface area contributed by atoms with Crippen LogP contribution in [0.3, 0.4) is 0 Å². The van der Waals surface area contributed by atoms with Gasteiger partial charge in [0.1, 0.15) is 12.4 Å². The van der Waals surface area contributed by atoms with E-state index in [0.29, 0.717) is 23.3 Å². The van der Waals surface area contributed by atoms with E-state index in [1.165, 1.54) is 40.0 Å². The molecule has 0 spiro atoms. The first-order valence-electron chi connectivity index (χ1n) is 10.2. The Hall–Kier alpha value is -3.01. The lowest BCUT2D eigenvalue weighted by molar-refractivity contribution is -0.137. The molecular weight excluding hydrogens is 441 g/mol. The zero-order valence-corrected chi connectivity index (χ0v) is 17.7. The maximum Gasteiger partial charge on any atom is 0.416 e. The Morgan fingerprint density at radius 3 is 2.62 bits per heavy atom. The highest BCUT2D eigenvalue weighted by molar-refractivity contribution is 7.99. The van der Waals surface area contributed by atoms with E-state index in [-0.39, 0.29) is 12.2 Å². The van der Waals surface area contributed by atoms with Gasteiger partial charge >= 0.3 is 6.18 Å². The summed E-state index contributed by atoms with van der Waals surface area (Å²) in [5, 5.41) is 10.3. The van der Waals surface area contributed by atoms with Gasteiger partial charge in [0.25, 0.3) is 5.91 Å². The molecule has 0 radical (unpaired) electrons. The lowest BCUT2D eigenvalue weighted by Gasteiger charge is -2.29. The fourth-order valence-corrected chi connectivity index (χ4v) is 4.84. The molecule has 0 saturated carbocycles. The molecule has 0 saturated heterocycles. The number of aryl methyl sites for hydroxylation is 2. The molecule has 6 nitrogen and oxygen atoms in total. The molecule has 1 aromatic heterocycles. The molecule has 166 valence electrons. The Morgan fingerprint density at radius 1 is 1.06 bits per heavy atom. The van der Waals surface area contributed by atoms with Crippen LogP contribution < -0.4 is 9.75 Å². The third-order valence-electron chi connectivity index (χ3n) is 5.58. The maximum absolute atomic E-state index is 13.1. The minimum Gasteiger partial charge on any atom is -0.486 e. The van der Waals surface area contributed by atoms with Gasteiger partial charge in [0, 0.05) is 11.3 Å². The van der Waals surface area contributed by atoms with Crippen LogP contribution in [0.5, 0.6) is 5.75 Å². The predicted octanol–water partition coefficient (Wildman–Crippen LogP) is 4.25. The first-order valence-corrected chi connectivity index (χ1v) is 11.2. The summed E-state index contributed by atoms with van der Waals surface area (Å²) in [5.74, 6) is 1.37. The van der Waals surface area contributed by atoms with Crippen molar-refractivity contribution in [3.8, 4) is 5.75 Å². The SMILES string of the molecule is O=C(c1ccc(C(F)(F)F)cc1)N1CCSc2nnc(COc3ccc4c(c3)CCC4)n21. The van der Waals surface area contributed by atoms with Crippen LogP contribution in [0.1, 0.15) is 39.3 Å². The van der Waals surface area contributed by atoms with Crippen LogP contribution in [-0.2, 0) is 25.6 Å². The Kier molecular flexibility index (Phi) is 5.32. The number of benzene rings is 2. The number of rotatable bonds is 4. The molecule has 0 unspecified atom stereocenters. The number of hydrogen-bond donors (Lipinski definition) is 0. The van der Waals surface area contributed by atoms with Gasteiger partial charge in [-0.2, -0.15) is 13.2 Å². The van der Waals surface area contributed by atoms with E-state index in [4.69, 9.17) is 4.74 Å². The number of halogens is 3. The molecule has 32 heavy (non-hydrogen) atoms. The van der Waals surface area contributed by atoms with Crippen molar-refractivity contribution in [2.24, 2.45) is 0 Å². The highest BCUT2D eigenvalue weighted by Crippen LogP contribution is 2.30.